The lowest BCUT2D eigenvalue weighted by Gasteiger charge is -2.44. The van der Waals surface area contributed by atoms with Gasteiger partial charge in [0, 0.05) is 31.2 Å². The molecule has 1 fully saturated rings. The molecular weight excluding hydrogens is 160 g/mol. The first-order valence-corrected chi connectivity index (χ1v) is 5.14. The lowest BCUT2D eigenvalue weighted by Crippen LogP contribution is -2.56. The van der Waals surface area contributed by atoms with E-state index in [0.717, 1.165) is 6.54 Å². The summed E-state index contributed by atoms with van der Waals surface area (Å²) in [6.45, 7) is 13.0. The van der Waals surface area contributed by atoms with E-state index in [9.17, 15) is 0 Å². The van der Waals surface area contributed by atoms with Crippen LogP contribution in [0.15, 0.2) is 12.7 Å². The molecule has 1 aliphatic heterocycles. The van der Waals surface area contributed by atoms with Crippen LogP contribution in [0, 0.1) is 0 Å². The van der Waals surface area contributed by atoms with Gasteiger partial charge in [-0.05, 0) is 27.8 Å². The molecule has 0 aromatic carbocycles. The maximum Gasteiger partial charge on any atom is 0.0403 e. The first-order chi connectivity index (χ1) is 6.06. The average Bonchev–Trinajstić information content (AvgIpc) is 2.09. The van der Waals surface area contributed by atoms with E-state index in [4.69, 9.17) is 0 Å². The van der Waals surface area contributed by atoms with Crippen molar-refractivity contribution in [3.05, 3.63) is 12.7 Å². The highest BCUT2D eigenvalue weighted by atomic mass is 15.3. The molecule has 1 aliphatic rings. The van der Waals surface area contributed by atoms with Crippen LogP contribution < -0.4 is 0 Å². The Labute approximate surface area is 82.2 Å². The molecule has 2 atom stereocenters. The molecule has 76 valence electrons. The summed E-state index contributed by atoms with van der Waals surface area (Å²) in [5, 5.41) is 0. The molecule has 1 heterocycles. The van der Waals surface area contributed by atoms with Crippen molar-refractivity contribution < 1.29 is 0 Å². The monoisotopic (exact) mass is 182 g/mol. The summed E-state index contributed by atoms with van der Waals surface area (Å²) in [7, 11) is 2.19. The van der Waals surface area contributed by atoms with Crippen LogP contribution in [0.4, 0.5) is 0 Å². The molecule has 0 spiro atoms. The third-order valence-corrected chi connectivity index (χ3v) is 3.14. The van der Waals surface area contributed by atoms with Crippen molar-refractivity contribution in [2.24, 2.45) is 0 Å². The number of likely N-dealkylation sites (N-methyl/N-ethyl adjacent to an activating group) is 1. The van der Waals surface area contributed by atoms with Crippen LogP contribution in [0.5, 0.6) is 0 Å². The number of hydrogen-bond donors (Lipinski definition) is 0. The second kappa shape index (κ2) is 4.25. The summed E-state index contributed by atoms with van der Waals surface area (Å²) < 4.78 is 0. The Morgan fingerprint density at radius 3 is 2.46 bits per heavy atom. The van der Waals surface area contributed by atoms with Crippen LogP contribution in [-0.2, 0) is 0 Å². The molecule has 0 N–H and O–H groups in total. The highest BCUT2D eigenvalue weighted by Crippen LogP contribution is 2.16. The average molecular weight is 182 g/mol. The Hall–Kier alpha value is -0.340. The second-order valence-corrected chi connectivity index (χ2v) is 4.37. The van der Waals surface area contributed by atoms with Gasteiger partial charge in [0.25, 0.3) is 0 Å². The summed E-state index contributed by atoms with van der Waals surface area (Å²) in [6.07, 6.45) is 2.06. The Balaban J connectivity index is 2.63. The van der Waals surface area contributed by atoms with E-state index in [0.29, 0.717) is 18.1 Å². The lowest BCUT2D eigenvalue weighted by molar-refractivity contribution is 0.0540. The molecule has 0 radical (unpaired) electrons. The third-order valence-electron chi connectivity index (χ3n) is 3.14. The van der Waals surface area contributed by atoms with Crippen molar-refractivity contribution in [3.8, 4) is 0 Å². The fraction of sp³-hybridized carbons (Fsp3) is 0.818. The van der Waals surface area contributed by atoms with Crippen molar-refractivity contribution in [2.45, 2.75) is 38.9 Å². The standard InChI is InChI=1S/C11H22N2/c1-6-11-8-13(9(2)3)7-10(4)12(11)5/h6,9-11H,1,7-8H2,2-5H3/t10-,11-/m1/s1. The van der Waals surface area contributed by atoms with Crippen molar-refractivity contribution in [3.63, 3.8) is 0 Å². The predicted molar refractivity (Wildman–Crippen MR) is 57.9 cm³/mol. The van der Waals surface area contributed by atoms with Gasteiger partial charge in [0.05, 0.1) is 0 Å². The van der Waals surface area contributed by atoms with E-state index in [1.165, 1.54) is 6.54 Å². The van der Waals surface area contributed by atoms with Crippen LogP contribution in [0.2, 0.25) is 0 Å². The maximum absolute atomic E-state index is 3.89. The predicted octanol–water partition coefficient (Wildman–Crippen LogP) is 1.59. The van der Waals surface area contributed by atoms with Gasteiger partial charge >= 0.3 is 0 Å². The summed E-state index contributed by atoms with van der Waals surface area (Å²) in [4.78, 5) is 4.93. The molecule has 0 amide bonds. The molecule has 0 aromatic heterocycles. The third kappa shape index (κ3) is 2.32. The largest absolute Gasteiger partial charge is 0.298 e. The number of piperazine rings is 1. The fourth-order valence-electron chi connectivity index (χ4n) is 1.90. The van der Waals surface area contributed by atoms with Crippen molar-refractivity contribution in [1.29, 1.82) is 0 Å². The Morgan fingerprint density at radius 1 is 1.38 bits per heavy atom. The molecule has 0 bridgehead atoms. The lowest BCUT2D eigenvalue weighted by atomic mass is 10.1. The molecule has 13 heavy (non-hydrogen) atoms. The quantitative estimate of drug-likeness (QED) is 0.598. The molecule has 2 heteroatoms. The summed E-state index contributed by atoms with van der Waals surface area (Å²) in [5.74, 6) is 0. The molecule has 1 rings (SSSR count). The Kier molecular flexibility index (Phi) is 3.51. The van der Waals surface area contributed by atoms with Gasteiger partial charge in [0.15, 0.2) is 0 Å². The minimum atomic E-state index is 0.520. The van der Waals surface area contributed by atoms with Crippen LogP contribution in [0.1, 0.15) is 20.8 Å². The molecule has 0 saturated carbocycles. The Bertz CT molecular complexity index is 177. The van der Waals surface area contributed by atoms with Crippen molar-refractivity contribution in [1.82, 2.24) is 9.80 Å². The van der Waals surface area contributed by atoms with Gasteiger partial charge in [0.2, 0.25) is 0 Å². The molecule has 1 saturated heterocycles. The first-order valence-electron chi connectivity index (χ1n) is 5.14. The zero-order valence-electron chi connectivity index (χ0n) is 9.33. The van der Waals surface area contributed by atoms with Crippen LogP contribution >= 0.6 is 0 Å². The van der Waals surface area contributed by atoms with E-state index < -0.39 is 0 Å². The highest BCUT2D eigenvalue weighted by molar-refractivity contribution is 4.95. The van der Waals surface area contributed by atoms with Gasteiger partial charge in [-0.2, -0.15) is 0 Å². The van der Waals surface area contributed by atoms with E-state index in [2.05, 4.69) is 50.3 Å². The molecular formula is C11H22N2. The van der Waals surface area contributed by atoms with E-state index in [1.54, 1.807) is 0 Å². The SMILES string of the molecule is C=C[C@@H]1CN(C(C)C)C[C@@H](C)N1C. The van der Waals surface area contributed by atoms with Gasteiger partial charge in [-0.3, -0.25) is 9.80 Å². The van der Waals surface area contributed by atoms with Gasteiger partial charge < -0.3 is 0 Å². The summed E-state index contributed by atoms with van der Waals surface area (Å²) >= 11 is 0. The van der Waals surface area contributed by atoms with Crippen LogP contribution in [0.3, 0.4) is 0 Å². The van der Waals surface area contributed by atoms with E-state index in [1.807, 2.05) is 0 Å². The number of nitrogens with zero attached hydrogens (tertiary/aromatic N) is 2. The zero-order chi connectivity index (χ0) is 10.0. The summed E-state index contributed by atoms with van der Waals surface area (Å²) in [6, 6.07) is 1.81. The van der Waals surface area contributed by atoms with Gasteiger partial charge in [-0.25, -0.2) is 0 Å². The molecule has 0 unspecified atom stereocenters. The van der Waals surface area contributed by atoms with Crippen molar-refractivity contribution in [2.75, 3.05) is 20.1 Å². The maximum atomic E-state index is 3.89. The highest BCUT2D eigenvalue weighted by Gasteiger charge is 2.28. The molecule has 0 aliphatic carbocycles. The van der Waals surface area contributed by atoms with Crippen LogP contribution in [-0.4, -0.2) is 48.1 Å². The molecule has 0 aromatic rings. The van der Waals surface area contributed by atoms with Gasteiger partial charge in [0.1, 0.15) is 0 Å². The van der Waals surface area contributed by atoms with E-state index in [-0.39, 0.29) is 0 Å². The number of hydrogen-bond acceptors (Lipinski definition) is 2. The first kappa shape index (κ1) is 10.7. The van der Waals surface area contributed by atoms with E-state index >= 15 is 0 Å². The fourth-order valence-corrected chi connectivity index (χ4v) is 1.90. The number of rotatable bonds is 2. The Morgan fingerprint density at radius 2 is 2.00 bits per heavy atom. The molecule has 2 nitrogen and oxygen atoms in total. The topological polar surface area (TPSA) is 6.48 Å². The minimum Gasteiger partial charge on any atom is -0.298 e. The smallest absolute Gasteiger partial charge is 0.0403 e. The minimum absolute atomic E-state index is 0.520. The normalized spacial score (nSPS) is 32.4. The second-order valence-electron chi connectivity index (χ2n) is 4.37. The van der Waals surface area contributed by atoms with Gasteiger partial charge in [-0.15, -0.1) is 6.58 Å². The summed E-state index contributed by atoms with van der Waals surface area (Å²) in [5.41, 5.74) is 0. The van der Waals surface area contributed by atoms with Crippen molar-refractivity contribution >= 4 is 0 Å². The van der Waals surface area contributed by atoms with Crippen LogP contribution in [0.25, 0.3) is 0 Å². The zero-order valence-corrected chi connectivity index (χ0v) is 9.33. The van der Waals surface area contributed by atoms with Gasteiger partial charge in [-0.1, -0.05) is 6.08 Å².